The number of amides is 2. The SMILES string of the molecule is O=C(NCCC1=CCCCC1)c1cccc(C(=O)NCc2ccccc2)c1. The summed E-state index contributed by atoms with van der Waals surface area (Å²) in [5, 5.41) is 5.85. The van der Waals surface area contributed by atoms with E-state index in [2.05, 4.69) is 16.7 Å². The van der Waals surface area contributed by atoms with Gasteiger partial charge in [0.2, 0.25) is 0 Å². The van der Waals surface area contributed by atoms with Crippen molar-refractivity contribution < 1.29 is 9.59 Å². The average molecular weight is 362 g/mol. The summed E-state index contributed by atoms with van der Waals surface area (Å²) in [4.78, 5) is 24.7. The smallest absolute Gasteiger partial charge is 0.251 e. The van der Waals surface area contributed by atoms with E-state index in [-0.39, 0.29) is 11.8 Å². The Morgan fingerprint density at radius 3 is 2.30 bits per heavy atom. The maximum Gasteiger partial charge on any atom is 0.251 e. The number of nitrogens with one attached hydrogen (secondary N) is 2. The second-order valence-corrected chi connectivity index (χ2v) is 6.86. The monoisotopic (exact) mass is 362 g/mol. The summed E-state index contributed by atoms with van der Waals surface area (Å²) in [5.41, 5.74) is 3.49. The van der Waals surface area contributed by atoms with E-state index in [0.29, 0.717) is 24.2 Å². The van der Waals surface area contributed by atoms with Crippen molar-refractivity contribution in [2.45, 2.75) is 38.6 Å². The highest BCUT2D eigenvalue weighted by Crippen LogP contribution is 2.19. The van der Waals surface area contributed by atoms with Gasteiger partial charge in [0.15, 0.2) is 0 Å². The van der Waals surface area contributed by atoms with E-state index in [1.54, 1.807) is 24.3 Å². The first-order chi connectivity index (χ1) is 13.2. The first-order valence-electron chi connectivity index (χ1n) is 9.60. The molecular formula is C23H26N2O2. The number of carbonyl (C=O) groups is 2. The van der Waals surface area contributed by atoms with Crippen LogP contribution in [0.25, 0.3) is 0 Å². The molecule has 1 aliphatic rings. The van der Waals surface area contributed by atoms with Crippen LogP contribution in [0.15, 0.2) is 66.2 Å². The maximum absolute atomic E-state index is 12.4. The van der Waals surface area contributed by atoms with Gasteiger partial charge in [0.05, 0.1) is 0 Å². The number of hydrogen-bond acceptors (Lipinski definition) is 2. The van der Waals surface area contributed by atoms with Gasteiger partial charge in [-0.05, 0) is 55.9 Å². The minimum atomic E-state index is -0.180. The molecule has 0 atom stereocenters. The summed E-state index contributed by atoms with van der Waals surface area (Å²) in [6, 6.07) is 16.6. The number of rotatable bonds is 7. The molecule has 0 spiro atoms. The Labute approximate surface area is 160 Å². The quantitative estimate of drug-likeness (QED) is 0.724. The highest BCUT2D eigenvalue weighted by atomic mass is 16.2. The lowest BCUT2D eigenvalue weighted by atomic mass is 9.97. The molecule has 1 aliphatic carbocycles. The van der Waals surface area contributed by atoms with Crippen LogP contribution in [0.5, 0.6) is 0 Å². The van der Waals surface area contributed by atoms with Crippen LogP contribution in [0.3, 0.4) is 0 Å². The Kier molecular flexibility index (Phi) is 6.80. The summed E-state index contributed by atoms with van der Waals surface area (Å²) >= 11 is 0. The zero-order valence-corrected chi connectivity index (χ0v) is 15.5. The van der Waals surface area contributed by atoms with Gasteiger partial charge in [-0.2, -0.15) is 0 Å². The van der Waals surface area contributed by atoms with Crippen LogP contribution in [0.2, 0.25) is 0 Å². The van der Waals surface area contributed by atoms with Gasteiger partial charge in [-0.3, -0.25) is 9.59 Å². The molecule has 0 unspecified atom stereocenters. The number of carbonyl (C=O) groups excluding carboxylic acids is 2. The number of allylic oxidation sites excluding steroid dienone is 1. The molecule has 2 N–H and O–H groups in total. The lowest BCUT2D eigenvalue weighted by molar-refractivity contribution is 0.0950. The zero-order valence-electron chi connectivity index (χ0n) is 15.5. The van der Waals surface area contributed by atoms with Crippen molar-refractivity contribution in [1.82, 2.24) is 10.6 Å². The molecule has 0 bridgehead atoms. The summed E-state index contributed by atoms with van der Waals surface area (Å²) in [5.74, 6) is -0.315. The molecule has 4 heteroatoms. The maximum atomic E-state index is 12.4. The van der Waals surface area contributed by atoms with Crippen molar-refractivity contribution in [2.24, 2.45) is 0 Å². The number of hydrogen-bond donors (Lipinski definition) is 2. The van der Waals surface area contributed by atoms with Gasteiger partial charge in [-0.15, -0.1) is 0 Å². The lowest BCUT2D eigenvalue weighted by Crippen LogP contribution is -2.26. The van der Waals surface area contributed by atoms with E-state index in [4.69, 9.17) is 0 Å². The third-order valence-electron chi connectivity index (χ3n) is 4.80. The van der Waals surface area contributed by atoms with E-state index < -0.39 is 0 Å². The van der Waals surface area contributed by atoms with Gasteiger partial charge in [-0.25, -0.2) is 0 Å². The van der Waals surface area contributed by atoms with Crippen molar-refractivity contribution in [2.75, 3.05) is 6.54 Å². The second kappa shape index (κ2) is 9.72. The standard InChI is InChI=1S/C23H26N2O2/c26-22(24-15-14-18-8-3-1-4-9-18)20-12-7-13-21(16-20)23(27)25-17-19-10-5-2-6-11-19/h2,5-8,10-13,16H,1,3-4,9,14-15,17H2,(H,24,26)(H,25,27). The molecule has 0 fully saturated rings. The molecule has 0 radical (unpaired) electrons. The Morgan fingerprint density at radius 2 is 1.59 bits per heavy atom. The molecule has 0 saturated carbocycles. The Bertz CT molecular complexity index is 812. The van der Waals surface area contributed by atoms with Crippen LogP contribution in [-0.2, 0) is 6.54 Å². The topological polar surface area (TPSA) is 58.2 Å². The third kappa shape index (κ3) is 5.81. The second-order valence-electron chi connectivity index (χ2n) is 6.86. The highest BCUT2D eigenvalue weighted by Gasteiger charge is 2.11. The lowest BCUT2D eigenvalue weighted by Gasteiger charge is -2.13. The Hall–Kier alpha value is -2.88. The predicted octanol–water partition coefficient (Wildman–Crippen LogP) is 4.24. The molecule has 4 nitrogen and oxygen atoms in total. The minimum Gasteiger partial charge on any atom is -0.352 e. The van der Waals surface area contributed by atoms with Crippen LogP contribution in [0, 0.1) is 0 Å². The molecule has 2 aromatic rings. The molecule has 0 heterocycles. The normalized spacial score (nSPS) is 13.6. The van der Waals surface area contributed by atoms with Crippen molar-refractivity contribution >= 4 is 11.8 Å². The van der Waals surface area contributed by atoms with E-state index in [1.807, 2.05) is 30.3 Å². The predicted molar refractivity (Wildman–Crippen MR) is 108 cm³/mol. The van der Waals surface area contributed by atoms with Crippen LogP contribution in [0.4, 0.5) is 0 Å². The summed E-state index contributed by atoms with van der Waals surface area (Å²) in [6.07, 6.45) is 8.03. The highest BCUT2D eigenvalue weighted by molar-refractivity contribution is 5.99. The van der Waals surface area contributed by atoms with Gasteiger partial charge in [0.1, 0.15) is 0 Å². The first-order valence-corrected chi connectivity index (χ1v) is 9.60. The summed E-state index contributed by atoms with van der Waals surface area (Å²) in [7, 11) is 0. The van der Waals surface area contributed by atoms with E-state index in [9.17, 15) is 9.59 Å². The molecule has 2 aromatic carbocycles. The Balaban J connectivity index is 1.51. The van der Waals surface area contributed by atoms with Gasteiger partial charge in [0.25, 0.3) is 11.8 Å². The molecule has 0 aliphatic heterocycles. The van der Waals surface area contributed by atoms with Crippen LogP contribution in [0.1, 0.15) is 58.4 Å². The van der Waals surface area contributed by atoms with Gasteiger partial charge >= 0.3 is 0 Å². The van der Waals surface area contributed by atoms with E-state index in [0.717, 1.165) is 24.8 Å². The van der Waals surface area contributed by atoms with E-state index in [1.165, 1.54) is 18.4 Å². The Morgan fingerprint density at radius 1 is 0.852 bits per heavy atom. The largest absolute Gasteiger partial charge is 0.352 e. The molecule has 0 saturated heterocycles. The van der Waals surface area contributed by atoms with Gasteiger partial charge in [0, 0.05) is 24.2 Å². The fraction of sp³-hybridized carbons (Fsp3) is 0.304. The van der Waals surface area contributed by atoms with E-state index >= 15 is 0 Å². The fourth-order valence-corrected chi connectivity index (χ4v) is 3.25. The fourth-order valence-electron chi connectivity index (χ4n) is 3.25. The van der Waals surface area contributed by atoms with Crippen LogP contribution < -0.4 is 10.6 Å². The number of benzene rings is 2. The summed E-state index contributed by atoms with van der Waals surface area (Å²) < 4.78 is 0. The molecule has 3 rings (SSSR count). The average Bonchev–Trinajstić information content (AvgIpc) is 2.73. The zero-order chi connectivity index (χ0) is 18.9. The van der Waals surface area contributed by atoms with Crippen LogP contribution in [-0.4, -0.2) is 18.4 Å². The molecule has 0 aromatic heterocycles. The first kappa shape index (κ1) is 18.9. The van der Waals surface area contributed by atoms with Crippen molar-refractivity contribution in [3.8, 4) is 0 Å². The van der Waals surface area contributed by atoms with Gasteiger partial charge < -0.3 is 10.6 Å². The molecular weight excluding hydrogens is 336 g/mol. The molecule has 27 heavy (non-hydrogen) atoms. The molecule has 140 valence electrons. The van der Waals surface area contributed by atoms with Crippen molar-refractivity contribution in [1.29, 1.82) is 0 Å². The summed E-state index contributed by atoms with van der Waals surface area (Å²) in [6.45, 7) is 1.10. The van der Waals surface area contributed by atoms with Crippen LogP contribution >= 0.6 is 0 Å². The molecule has 2 amide bonds. The van der Waals surface area contributed by atoms with Crippen molar-refractivity contribution in [3.05, 3.63) is 82.9 Å². The van der Waals surface area contributed by atoms with Crippen molar-refractivity contribution in [3.63, 3.8) is 0 Å². The van der Waals surface area contributed by atoms with Gasteiger partial charge in [-0.1, -0.05) is 48.0 Å². The minimum absolute atomic E-state index is 0.135. The third-order valence-corrected chi connectivity index (χ3v) is 4.80.